The van der Waals surface area contributed by atoms with Crippen LogP contribution < -0.4 is 15.8 Å². The maximum Gasteiger partial charge on any atom is 0.311 e. The maximum atomic E-state index is 11.3. The molecule has 0 heterocycles. The number of rotatable bonds is 7. The number of benzene rings is 1. The molecule has 0 spiro atoms. The van der Waals surface area contributed by atoms with Crippen LogP contribution in [0.2, 0.25) is 0 Å². The smallest absolute Gasteiger partial charge is 0.311 e. The molecule has 20 heavy (non-hydrogen) atoms. The van der Waals surface area contributed by atoms with Crippen molar-refractivity contribution in [3.8, 4) is 5.75 Å². The molecule has 0 saturated heterocycles. The summed E-state index contributed by atoms with van der Waals surface area (Å²) in [6.07, 6.45) is 0.309. The number of hydrogen-bond donors (Lipinski definition) is 2. The van der Waals surface area contributed by atoms with E-state index >= 15 is 0 Å². The van der Waals surface area contributed by atoms with Crippen LogP contribution in [-0.4, -0.2) is 30.0 Å². The van der Waals surface area contributed by atoms with E-state index in [-0.39, 0.29) is 18.0 Å². The lowest BCUT2D eigenvalue weighted by atomic mass is 9.98. The van der Waals surface area contributed by atoms with Crippen LogP contribution in [0.25, 0.3) is 0 Å². The second-order valence-electron chi connectivity index (χ2n) is 4.77. The topological polar surface area (TPSA) is 107 Å². The van der Waals surface area contributed by atoms with Gasteiger partial charge in [-0.15, -0.1) is 0 Å². The number of nitrogens with one attached hydrogen (secondary N) is 1. The third-order valence-corrected chi connectivity index (χ3v) is 3.27. The van der Waals surface area contributed by atoms with E-state index in [1.807, 2.05) is 0 Å². The van der Waals surface area contributed by atoms with Crippen LogP contribution in [0.3, 0.4) is 0 Å². The highest BCUT2D eigenvalue weighted by molar-refractivity contribution is 5.84. The zero-order valence-corrected chi connectivity index (χ0v) is 11.8. The Hall–Kier alpha value is -2.15. The number of nitrogens with zero attached hydrogens (tertiary/aromatic N) is 1. The molecule has 1 aromatic carbocycles. The fourth-order valence-electron chi connectivity index (χ4n) is 1.63. The largest absolute Gasteiger partial charge is 0.487 e. The molecule has 1 rings (SSSR count). The summed E-state index contributed by atoms with van der Waals surface area (Å²) in [6, 6.07) is 4.73. The Morgan fingerprint density at radius 1 is 1.55 bits per heavy atom. The summed E-state index contributed by atoms with van der Waals surface area (Å²) in [5.74, 6) is -0.314. The summed E-state index contributed by atoms with van der Waals surface area (Å²) >= 11 is 0. The lowest BCUT2D eigenvalue weighted by molar-refractivity contribution is -0.385. The molecular weight excluding hydrogens is 262 g/mol. The third kappa shape index (κ3) is 3.67. The highest BCUT2D eigenvalue weighted by Crippen LogP contribution is 2.28. The first-order valence-electron chi connectivity index (χ1n) is 6.17. The Balaban J connectivity index is 2.76. The van der Waals surface area contributed by atoms with Gasteiger partial charge in [-0.05, 0) is 32.5 Å². The predicted octanol–water partition coefficient (Wildman–Crippen LogP) is 1.14. The van der Waals surface area contributed by atoms with Crippen LogP contribution in [0.5, 0.6) is 5.75 Å². The normalized spacial score (nSPS) is 13.6. The van der Waals surface area contributed by atoms with Crippen molar-refractivity contribution in [3.63, 3.8) is 0 Å². The summed E-state index contributed by atoms with van der Waals surface area (Å²) in [4.78, 5) is 21.8. The summed E-state index contributed by atoms with van der Waals surface area (Å²) in [5, 5.41) is 13.8. The van der Waals surface area contributed by atoms with Gasteiger partial charge in [-0.25, -0.2) is 0 Å². The molecule has 0 radical (unpaired) electrons. The molecule has 0 aliphatic rings. The first kappa shape index (κ1) is 15.9. The highest BCUT2D eigenvalue weighted by Gasteiger charge is 2.29. The number of amides is 1. The average molecular weight is 281 g/mol. The van der Waals surface area contributed by atoms with Crippen molar-refractivity contribution in [2.75, 3.05) is 13.7 Å². The molecule has 1 amide bonds. The monoisotopic (exact) mass is 281 g/mol. The minimum Gasteiger partial charge on any atom is -0.487 e. The molecule has 0 bridgehead atoms. The fourth-order valence-corrected chi connectivity index (χ4v) is 1.63. The number of nitro groups is 1. The van der Waals surface area contributed by atoms with Gasteiger partial charge in [-0.1, -0.05) is 6.07 Å². The van der Waals surface area contributed by atoms with E-state index in [1.165, 1.54) is 6.07 Å². The number of carbonyl (C=O) groups excluding carboxylic acids is 1. The van der Waals surface area contributed by atoms with Crippen molar-refractivity contribution in [1.29, 1.82) is 0 Å². The number of carbonyl (C=O) groups is 1. The number of ether oxygens (including phenoxy) is 1. The number of nitrogens with two attached hydrogens (primary N) is 1. The highest BCUT2D eigenvalue weighted by atomic mass is 16.6. The van der Waals surface area contributed by atoms with E-state index in [0.29, 0.717) is 6.42 Å². The van der Waals surface area contributed by atoms with Crippen molar-refractivity contribution in [2.24, 2.45) is 5.73 Å². The van der Waals surface area contributed by atoms with Crippen LogP contribution in [-0.2, 0) is 4.79 Å². The molecule has 7 nitrogen and oxygen atoms in total. The second kappa shape index (κ2) is 6.33. The lowest BCUT2D eigenvalue weighted by Crippen LogP contribution is -2.52. The molecule has 0 saturated carbocycles. The number of hydrogen-bond acceptors (Lipinski definition) is 5. The number of nitro benzene ring substituents is 1. The summed E-state index contributed by atoms with van der Waals surface area (Å²) in [6.45, 7) is 3.56. The van der Waals surface area contributed by atoms with Crippen molar-refractivity contribution >= 4 is 11.6 Å². The summed E-state index contributed by atoms with van der Waals surface area (Å²) < 4.78 is 5.41. The average Bonchev–Trinajstić information content (AvgIpc) is 2.39. The van der Waals surface area contributed by atoms with Crippen LogP contribution in [0.1, 0.15) is 18.9 Å². The zero-order chi connectivity index (χ0) is 15.3. The van der Waals surface area contributed by atoms with Gasteiger partial charge in [0.1, 0.15) is 0 Å². The maximum absolute atomic E-state index is 11.3. The van der Waals surface area contributed by atoms with Crippen molar-refractivity contribution < 1.29 is 14.5 Å². The second-order valence-corrected chi connectivity index (χ2v) is 4.77. The minimum atomic E-state index is -0.903. The van der Waals surface area contributed by atoms with Crippen molar-refractivity contribution in [3.05, 3.63) is 33.9 Å². The number of aryl methyl sites for hydroxylation is 1. The van der Waals surface area contributed by atoms with E-state index in [9.17, 15) is 14.9 Å². The molecule has 1 aromatic rings. The van der Waals surface area contributed by atoms with Gasteiger partial charge in [0.15, 0.2) is 5.75 Å². The van der Waals surface area contributed by atoms with E-state index in [1.54, 1.807) is 33.0 Å². The summed E-state index contributed by atoms with van der Waals surface area (Å²) in [5.41, 5.74) is 5.08. The minimum absolute atomic E-state index is 0.0877. The molecule has 0 aliphatic heterocycles. The molecule has 0 aliphatic carbocycles. The van der Waals surface area contributed by atoms with Gasteiger partial charge < -0.3 is 15.8 Å². The van der Waals surface area contributed by atoms with Crippen molar-refractivity contribution in [2.45, 2.75) is 25.8 Å². The molecule has 0 aromatic heterocycles. The van der Waals surface area contributed by atoms with Crippen LogP contribution in [0.4, 0.5) is 5.69 Å². The Kier molecular flexibility index (Phi) is 5.04. The SMILES string of the molecule is CNC(C)(CCOc1ccc(C)cc1[N+](=O)[O-])C(N)=O. The van der Waals surface area contributed by atoms with Crippen LogP contribution >= 0.6 is 0 Å². The molecular formula is C13H19N3O4. The molecule has 3 N–H and O–H groups in total. The van der Waals surface area contributed by atoms with Gasteiger partial charge in [0.2, 0.25) is 5.91 Å². The van der Waals surface area contributed by atoms with Crippen LogP contribution in [0.15, 0.2) is 18.2 Å². The molecule has 1 unspecified atom stereocenters. The van der Waals surface area contributed by atoms with E-state index in [4.69, 9.17) is 10.5 Å². The first-order chi connectivity index (χ1) is 9.30. The standard InChI is InChI=1S/C13H19N3O4/c1-9-4-5-11(10(8-9)16(18)19)20-7-6-13(2,15-3)12(14)17/h4-5,8,15H,6-7H2,1-3H3,(H2,14,17). The molecule has 0 fully saturated rings. The predicted molar refractivity (Wildman–Crippen MR) is 74.6 cm³/mol. The van der Waals surface area contributed by atoms with E-state index < -0.39 is 16.4 Å². The Morgan fingerprint density at radius 3 is 2.70 bits per heavy atom. The van der Waals surface area contributed by atoms with Gasteiger partial charge in [-0.2, -0.15) is 0 Å². The Bertz CT molecular complexity index is 518. The number of primary amides is 1. The van der Waals surface area contributed by atoms with Gasteiger partial charge in [-0.3, -0.25) is 14.9 Å². The van der Waals surface area contributed by atoms with Crippen molar-refractivity contribution in [1.82, 2.24) is 5.32 Å². The van der Waals surface area contributed by atoms with Gasteiger partial charge in [0.25, 0.3) is 0 Å². The van der Waals surface area contributed by atoms with E-state index in [2.05, 4.69) is 5.32 Å². The quantitative estimate of drug-likeness (QED) is 0.575. The first-order valence-corrected chi connectivity index (χ1v) is 6.17. The molecule has 7 heteroatoms. The van der Waals surface area contributed by atoms with E-state index in [0.717, 1.165) is 5.56 Å². The third-order valence-electron chi connectivity index (χ3n) is 3.27. The Labute approximate surface area is 117 Å². The zero-order valence-electron chi connectivity index (χ0n) is 11.8. The molecule has 1 atom stereocenters. The fraction of sp³-hybridized carbons (Fsp3) is 0.462. The van der Waals surface area contributed by atoms with Gasteiger partial charge in [0, 0.05) is 12.5 Å². The van der Waals surface area contributed by atoms with Gasteiger partial charge in [0.05, 0.1) is 17.1 Å². The molecule has 110 valence electrons. The lowest BCUT2D eigenvalue weighted by Gasteiger charge is -2.25. The van der Waals surface area contributed by atoms with Crippen LogP contribution in [0, 0.1) is 17.0 Å². The van der Waals surface area contributed by atoms with Gasteiger partial charge >= 0.3 is 5.69 Å². The summed E-state index contributed by atoms with van der Waals surface area (Å²) in [7, 11) is 1.62. The number of likely N-dealkylation sites (N-methyl/N-ethyl adjacent to an activating group) is 1. The Morgan fingerprint density at radius 2 is 2.20 bits per heavy atom.